The summed E-state index contributed by atoms with van der Waals surface area (Å²) in [5.74, 6) is 0. The highest BCUT2D eigenvalue weighted by Gasteiger charge is 2.18. The van der Waals surface area contributed by atoms with Crippen molar-refractivity contribution in [1.82, 2.24) is 4.72 Å². The van der Waals surface area contributed by atoms with Gasteiger partial charge in [-0.05, 0) is 47.9 Å². The summed E-state index contributed by atoms with van der Waals surface area (Å²) in [6, 6.07) is 23.7. The highest BCUT2D eigenvalue weighted by molar-refractivity contribution is 7.89. The van der Waals surface area contributed by atoms with Gasteiger partial charge >= 0.3 is 0 Å². The van der Waals surface area contributed by atoms with E-state index in [1.54, 1.807) is 12.1 Å². The molecule has 3 aromatic carbocycles. The number of hydrogen-bond donors (Lipinski definition) is 1. The zero-order valence-electron chi connectivity index (χ0n) is 13.7. The lowest BCUT2D eigenvalue weighted by molar-refractivity contribution is 0.567. The van der Waals surface area contributed by atoms with E-state index in [2.05, 4.69) is 4.72 Å². The molecule has 0 radical (unpaired) electrons. The van der Waals surface area contributed by atoms with Crippen molar-refractivity contribution in [2.24, 2.45) is 0 Å². The van der Waals surface area contributed by atoms with Gasteiger partial charge in [0, 0.05) is 11.1 Å². The van der Waals surface area contributed by atoms with Crippen molar-refractivity contribution >= 4 is 21.6 Å². The molecule has 0 spiro atoms. The second-order valence-corrected chi connectivity index (χ2v) is 7.94. The molecule has 0 bridgehead atoms. The number of hydrogen-bond acceptors (Lipinski definition) is 2. The molecule has 3 rings (SSSR count). The van der Waals surface area contributed by atoms with Crippen molar-refractivity contribution in [2.45, 2.75) is 17.9 Å². The Hall–Kier alpha value is -2.14. The fraction of sp³-hybridized carbons (Fsp3) is 0.100. The Balaban J connectivity index is 1.77. The van der Waals surface area contributed by atoms with Crippen molar-refractivity contribution in [3.05, 3.63) is 89.4 Å². The molecule has 128 valence electrons. The van der Waals surface area contributed by atoms with Crippen LogP contribution in [0.25, 0.3) is 11.1 Å². The molecule has 3 nitrogen and oxygen atoms in total. The smallest absolute Gasteiger partial charge is 0.207 e. The second-order valence-electron chi connectivity index (χ2n) is 5.78. The molecular weight excluding hydrogens is 354 g/mol. The molecular formula is C20H18ClNO2S. The number of sulfonamides is 1. The molecule has 1 N–H and O–H groups in total. The Labute approximate surface area is 153 Å². The van der Waals surface area contributed by atoms with E-state index in [1.165, 1.54) is 12.1 Å². The number of halogens is 1. The summed E-state index contributed by atoms with van der Waals surface area (Å²) in [4.78, 5) is 0.199. The van der Waals surface area contributed by atoms with Crippen LogP contribution in [0.4, 0.5) is 0 Å². The minimum absolute atomic E-state index is 0.199. The summed E-state index contributed by atoms with van der Waals surface area (Å²) >= 11 is 5.81. The third-order valence-electron chi connectivity index (χ3n) is 3.97. The lowest BCUT2D eigenvalue weighted by Gasteiger charge is -2.15. The number of rotatable bonds is 5. The summed E-state index contributed by atoms with van der Waals surface area (Å²) < 4.78 is 27.6. The average molecular weight is 372 g/mol. The van der Waals surface area contributed by atoms with E-state index in [-0.39, 0.29) is 10.9 Å². The summed E-state index contributed by atoms with van der Waals surface area (Å²) in [5.41, 5.74) is 3.12. The highest BCUT2D eigenvalue weighted by Crippen LogP contribution is 2.23. The van der Waals surface area contributed by atoms with Gasteiger partial charge in [0.2, 0.25) is 10.0 Å². The van der Waals surface area contributed by atoms with Gasteiger partial charge in [0.1, 0.15) is 0 Å². The molecule has 25 heavy (non-hydrogen) atoms. The summed E-state index contributed by atoms with van der Waals surface area (Å²) in [6.45, 7) is 1.82. The molecule has 0 amide bonds. The Morgan fingerprint density at radius 3 is 1.96 bits per heavy atom. The van der Waals surface area contributed by atoms with E-state index in [4.69, 9.17) is 11.6 Å². The molecule has 5 heteroatoms. The third-order valence-corrected chi connectivity index (χ3v) is 5.78. The van der Waals surface area contributed by atoms with Gasteiger partial charge in [-0.3, -0.25) is 0 Å². The van der Waals surface area contributed by atoms with Crippen LogP contribution in [-0.2, 0) is 10.0 Å². The lowest BCUT2D eigenvalue weighted by atomic mass is 10.0. The molecule has 0 aromatic heterocycles. The maximum absolute atomic E-state index is 12.5. The van der Waals surface area contributed by atoms with Gasteiger partial charge < -0.3 is 0 Å². The molecule has 0 heterocycles. The minimum Gasteiger partial charge on any atom is -0.207 e. The molecule has 1 atom stereocenters. The first kappa shape index (κ1) is 17.7. The topological polar surface area (TPSA) is 46.2 Å². The molecule has 0 aliphatic heterocycles. The molecule has 0 saturated carbocycles. The molecule has 0 saturated heterocycles. The first-order valence-electron chi connectivity index (χ1n) is 7.89. The molecule has 1 unspecified atom stereocenters. The van der Waals surface area contributed by atoms with Crippen LogP contribution in [0.1, 0.15) is 18.5 Å². The first-order valence-corrected chi connectivity index (χ1v) is 9.75. The molecule has 0 aliphatic rings. The predicted octanol–water partition coefficient (Wildman–Crippen LogP) is 5.05. The van der Waals surface area contributed by atoms with Crippen LogP contribution >= 0.6 is 11.6 Å². The molecule has 0 fully saturated rings. The van der Waals surface area contributed by atoms with E-state index in [1.807, 2.05) is 61.5 Å². The summed E-state index contributed by atoms with van der Waals surface area (Å²) in [7, 11) is -3.60. The highest BCUT2D eigenvalue weighted by atomic mass is 35.5. The van der Waals surface area contributed by atoms with E-state index in [0.29, 0.717) is 5.02 Å². The van der Waals surface area contributed by atoms with Gasteiger partial charge in [-0.25, -0.2) is 13.1 Å². The van der Waals surface area contributed by atoms with E-state index < -0.39 is 10.0 Å². The summed E-state index contributed by atoms with van der Waals surface area (Å²) in [5, 5.41) is 0.503. The van der Waals surface area contributed by atoms with Crippen molar-refractivity contribution < 1.29 is 8.42 Å². The third kappa shape index (κ3) is 4.28. The van der Waals surface area contributed by atoms with Crippen molar-refractivity contribution in [2.75, 3.05) is 0 Å². The van der Waals surface area contributed by atoms with Gasteiger partial charge in [-0.15, -0.1) is 0 Å². The average Bonchev–Trinajstić information content (AvgIpc) is 2.62. The molecule has 0 aliphatic carbocycles. The van der Waals surface area contributed by atoms with E-state index in [0.717, 1.165) is 16.7 Å². The van der Waals surface area contributed by atoms with Gasteiger partial charge in [0.25, 0.3) is 0 Å². The van der Waals surface area contributed by atoms with Gasteiger partial charge in [0.15, 0.2) is 0 Å². The SMILES string of the molecule is CC(NS(=O)(=O)c1ccc(Cl)cc1)c1ccc(-c2ccccc2)cc1. The van der Waals surface area contributed by atoms with Crippen LogP contribution in [0.3, 0.4) is 0 Å². The fourth-order valence-corrected chi connectivity index (χ4v) is 3.94. The van der Waals surface area contributed by atoms with Crippen LogP contribution in [0.5, 0.6) is 0 Å². The fourth-order valence-electron chi connectivity index (χ4n) is 2.58. The van der Waals surface area contributed by atoms with Crippen LogP contribution < -0.4 is 4.72 Å². The summed E-state index contributed by atoms with van der Waals surface area (Å²) in [6.07, 6.45) is 0. The zero-order valence-corrected chi connectivity index (χ0v) is 15.3. The van der Waals surface area contributed by atoms with Crippen LogP contribution in [0.15, 0.2) is 83.8 Å². The first-order chi connectivity index (χ1) is 12.0. The number of nitrogens with one attached hydrogen (secondary N) is 1. The minimum atomic E-state index is -3.60. The van der Waals surface area contributed by atoms with Crippen LogP contribution in [0, 0.1) is 0 Å². The van der Waals surface area contributed by atoms with Gasteiger partial charge in [0.05, 0.1) is 4.90 Å². The maximum atomic E-state index is 12.5. The Bertz CT molecular complexity index is 937. The van der Waals surface area contributed by atoms with E-state index in [9.17, 15) is 8.42 Å². The zero-order chi connectivity index (χ0) is 17.9. The Morgan fingerprint density at radius 2 is 1.36 bits per heavy atom. The van der Waals surface area contributed by atoms with Gasteiger partial charge in [-0.1, -0.05) is 66.2 Å². The van der Waals surface area contributed by atoms with Crippen molar-refractivity contribution in [3.8, 4) is 11.1 Å². The second kappa shape index (κ2) is 7.40. The molecule has 3 aromatic rings. The number of benzene rings is 3. The van der Waals surface area contributed by atoms with E-state index >= 15 is 0 Å². The Kier molecular flexibility index (Phi) is 5.23. The maximum Gasteiger partial charge on any atom is 0.241 e. The van der Waals surface area contributed by atoms with Crippen LogP contribution in [0.2, 0.25) is 5.02 Å². The van der Waals surface area contributed by atoms with Crippen LogP contribution in [-0.4, -0.2) is 8.42 Å². The largest absolute Gasteiger partial charge is 0.241 e. The normalized spacial score (nSPS) is 12.7. The quantitative estimate of drug-likeness (QED) is 0.682. The Morgan fingerprint density at radius 1 is 0.800 bits per heavy atom. The predicted molar refractivity (Wildman–Crippen MR) is 102 cm³/mol. The lowest BCUT2D eigenvalue weighted by Crippen LogP contribution is -2.26. The van der Waals surface area contributed by atoms with Crippen molar-refractivity contribution in [3.63, 3.8) is 0 Å². The van der Waals surface area contributed by atoms with Gasteiger partial charge in [-0.2, -0.15) is 0 Å². The van der Waals surface area contributed by atoms with Crippen molar-refractivity contribution in [1.29, 1.82) is 0 Å². The monoisotopic (exact) mass is 371 g/mol. The standard InChI is InChI=1S/C20H18ClNO2S/c1-15(22-25(23,24)20-13-11-19(21)12-14-20)16-7-9-18(10-8-16)17-5-3-2-4-6-17/h2-15,22H,1H3.